The van der Waals surface area contributed by atoms with Gasteiger partial charge in [0, 0.05) is 18.1 Å². The minimum absolute atomic E-state index is 0.0418. The summed E-state index contributed by atoms with van der Waals surface area (Å²) in [6, 6.07) is 10.6. The number of hydrogen-bond acceptors (Lipinski definition) is 4. The molecule has 0 aliphatic carbocycles. The van der Waals surface area contributed by atoms with Crippen molar-refractivity contribution in [3.8, 4) is 11.5 Å². The Kier molecular flexibility index (Phi) is 6.36. The Morgan fingerprint density at radius 2 is 1.88 bits per heavy atom. The van der Waals surface area contributed by atoms with E-state index in [1.807, 2.05) is 0 Å². The second-order valence-corrected chi connectivity index (χ2v) is 8.04. The first-order chi connectivity index (χ1) is 11.7. The quantitative estimate of drug-likeness (QED) is 0.661. The minimum Gasteiger partial charge on any atom is -0.493 e. The Morgan fingerprint density at radius 1 is 1.16 bits per heavy atom. The SMILES string of the molecule is COc1cc(CN(C)S(=O)(=O)c2cccc(Br)c2)ccc1OC(F)F. The molecule has 0 saturated heterocycles. The van der Waals surface area contributed by atoms with Crippen molar-refractivity contribution < 1.29 is 26.7 Å². The number of sulfonamides is 1. The topological polar surface area (TPSA) is 55.8 Å². The molecule has 2 aromatic rings. The number of rotatable bonds is 7. The molecule has 0 amide bonds. The van der Waals surface area contributed by atoms with Crippen LogP contribution in [0.5, 0.6) is 11.5 Å². The predicted octanol–water partition coefficient (Wildman–Crippen LogP) is 3.88. The van der Waals surface area contributed by atoms with Crippen LogP contribution in [0.4, 0.5) is 8.78 Å². The minimum atomic E-state index is -3.70. The average Bonchev–Trinajstić information content (AvgIpc) is 2.55. The van der Waals surface area contributed by atoms with E-state index in [1.54, 1.807) is 12.1 Å². The van der Waals surface area contributed by atoms with E-state index in [1.165, 1.54) is 44.5 Å². The van der Waals surface area contributed by atoms with Gasteiger partial charge in [-0.25, -0.2) is 8.42 Å². The summed E-state index contributed by atoms with van der Waals surface area (Å²) >= 11 is 3.24. The summed E-state index contributed by atoms with van der Waals surface area (Å²) in [5.74, 6) is -0.00944. The summed E-state index contributed by atoms with van der Waals surface area (Å²) in [4.78, 5) is 0.147. The van der Waals surface area contributed by atoms with Crippen molar-refractivity contribution in [2.75, 3.05) is 14.2 Å². The molecule has 0 saturated carbocycles. The van der Waals surface area contributed by atoms with Crippen molar-refractivity contribution in [1.29, 1.82) is 0 Å². The number of nitrogens with zero attached hydrogens (tertiary/aromatic N) is 1. The van der Waals surface area contributed by atoms with Crippen molar-refractivity contribution in [3.05, 3.63) is 52.5 Å². The Hall–Kier alpha value is -1.71. The van der Waals surface area contributed by atoms with Crippen LogP contribution in [-0.2, 0) is 16.6 Å². The summed E-state index contributed by atoms with van der Waals surface area (Å²) in [6.45, 7) is -2.93. The lowest BCUT2D eigenvalue weighted by Crippen LogP contribution is -2.26. The van der Waals surface area contributed by atoms with Gasteiger partial charge in [-0.15, -0.1) is 0 Å². The van der Waals surface area contributed by atoms with E-state index in [0.717, 1.165) is 4.31 Å². The van der Waals surface area contributed by atoms with Gasteiger partial charge in [0.2, 0.25) is 10.0 Å². The molecule has 0 N–H and O–H groups in total. The van der Waals surface area contributed by atoms with Crippen LogP contribution in [-0.4, -0.2) is 33.5 Å². The molecule has 0 heterocycles. The number of alkyl halides is 2. The summed E-state index contributed by atoms with van der Waals surface area (Å²) in [5.41, 5.74) is 0.569. The zero-order valence-corrected chi connectivity index (χ0v) is 15.9. The first-order valence-electron chi connectivity index (χ1n) is 7.07. The van der Waals surface area contributed by atoms with Crippen molar-refractivity contribution in [1.82, 2.24) is 4.31 Å². The Bertz CT molecular complexity index is 846. The number of methoxy groups -OCH3 is 1. The number of benzene rings is 2. The third-order valence-corrected chi connectivity index (χ3v) is 5.65. The molecule has 2 rings (SSSR count). The normalized spacial score (nSPS) is 11.8. The first kappa shape index (κ1) is 19.6. The van der Waals surface area contributed by atoms with E-state index in [4.69, 9.17) is 4.74 Å². The molecule has 5 nitrogen and oxygen atoms in total. The highest BCUT2D eigenvalue weighted by atomic mass is 79.9. The van der Waals surface area contributed by atoms with Crippen LogP contribution in [0.2, 0.25) is 0 Å². The molecule has 0 fully saturated rings. The molecule has 0 spiro atoms. The maximum Gasteiger partial charge on any atom is 0.387 e. The van der Waals surface area contributed by atoms with E-state index < -0.39 is 16.6 Å². The largest absolute Gasteiger partial charge is 0.493 e. The van der Waals surface area contributed by atoms with Crippen LogP contribution >= 0.6 is 15.9 Å². The van der Waals surface area contributed by atoms with Gasteiger partial charge < -0.3 is 9.47 Å². The first-order valence-corrected chi connectivity index (χ1v) is 9.31. The van der Waals surface area contributed by atoms with Crippen LogP contribution in [0.1, 0.15) is 5.56 Å². The van der Waals surface area contributed by atoms with Crippen molar-refractivity contribution >= 4 is 26.0 Å². The van der Waals surface area contributed by atoms with Crippen LogP contribution in [0.15, 0.2) is 51.8 Å². The summed E-state index contributed by atoms with van der Waals surface area (Å²) < 4.78 is 61.1. The van der Waals surface area contributed by atoms with Crippen LogP contribution in [0.3, 0.4) is 0 Å². The van der Waals surface area contributed by atoms with Gasteiger partial charge in [0.15, 0.2) is 11.5 Å². The second kappa shape index (κ2) is 8.11. The maximum absolute atomic E-state index is 12.6. The standard InChI is InChI=1S/C16H16BrF2NO4S/c1-20(25(21,22)13-5-3-4-12(17)9-13)10-11-6-7-14(24-16(18)19)15(8-11)23-2/h3-9,16H,10H2,1-2H3. The van der Waals surface area contributed by atoms with Gasteiger partial charge in [-0.2, -0.15) is 13.1 Å². The van der Waals surface area contributed by atoms with Crippen molar-refractivity contribution in [3.63, 3.8) is 0 Å². The van der Waals surface area contributed by atoms with E-state index in [-0.39, 0.29) is 22.9 Å². The third kappa shape index (κ3) is 4.90. The number of ether oxygens (including phenoxy) is 2. The van der Waals surface area contributed by atoms with E-state index >= 15 is 0 Å². The number of halogens is 3. The van der Waals surface area contributed by atoms with Crippen LogP contribution in [0, 0.1) is 0 Å². The van der Waals surface area contributed by atoms with Gasteiger partial charge in [-0.05, 0) is 35.9 Å². The molecule has 0 bridgehead atoms. The fraction of sp³-hybridized carbons (Fsp3) is 0.250. The van der Waals surface area contributed by atoms with Crippen LogP contribution in [0.25, 0.3) is 0 Å². The molecule has 0 atom stereocenters. The van der Waals surface area contributed by atoms with Gasteiger partial charge in [-0.3, -0.25) is 0 Å². The van der Waals surface area contributed by atoms with Gasteiger partial charge in [-0.1, -0.05) is 28.1 Å². The molecule has 136 valence electrons. The molecule has 2 aromatic carbocycles. The summed E-state index contributed by atoms with van der Waals surface area (Å²) in [5, 5.41) is 0. The average molecular weight is 436 g/mol. The molecule has 0 aromatic heterocycles. The van der Waals surface area contributed by atoms with E-state index in [9.17, 15) is 17.2 Å². The fourth-order valence-electron chi connectivity index (χ4n) is 2.15. The van der Waals surface area contributed by atoms with E-state index in [2.05, 4.69) is 20.7 Å². The monoisotopic (exact) mass is 435 g/mol. The fourth-order valence-corrected chi connectivity index (χ4v) is 3.91. The Balaban J connectivity index is 2.23. The zero-order valence-electron chi connectivity index (χ0n) is 13.4. The molecular formula is C16H16BrF2NO4S. The zero-order chi connectivity index (χ0) is 18.6. The lowest BCUT2D eigenvalue weighted by atomic mass is 10.2. The van der Waals surface area contributed by atoms with Crippen LogP contribution < -0.4 is 9.47 Å². The molecule has 9 heteroatoms. The van der Waals surface area contributed by atoms with Gasteiger partial charge in [0.05, 0.1) is 12.0 Å². The van der Waals surface area contributed by atoms with Gasteiger partial charge in [0.25, 0.3) is 0 Å². The highest BCUT2D eigenvalue weighted by Gasteiger charge is 2.22. The van der Waals surface area contributed by atoms with Crippen molar-refractivity contribution in [2.45, 2.75) is 18.1 Å². The molecule has 0 aliphatic rings. The van der Waals surface area contributed by atoms with E-state index in [0.29, 0.717) is 10.0 Å². The number of hydrogen-bond donors (Lipinski definition) is 0. The smallest absolute Gasteiger partial charge is 0.387 e. The summed E-state index contributed by atoms with van der Waals surface area (Å²) in [6.07, 6.45) is 0. The molecule has 25 heavy (non-hydrogen) atoms. The second-order valence-electron chi connectivity index (χ2n) is 5.08. The lowest BCUT2D eigenvalue weighted by Gasteiger charge is -2.18. The molecule has 0 radical (unpaired) electrons. The molecule has 0 aliphatic heterocycles. The maximum atomic E-state index is 12.6. The van der Waals surface area contributed by atoms with Gasteiger partial charge in [0.1, 0.15) is 0 Å². The molecule has 0 unspecified atom stereocenters. The predicted molar refractivity (Wildman–Crippen MR) is 92.4 cm³/mol. The Morgan fingerprint density at radius 3 is 2.48 bits per heavy atom. The highest BCUT2D eigenvalue weighted by molar-refractivity contribution is 9.10. The van der Waals surface area contributed by atoms with Gasteiger partial charge >= 0.3 is 6.61 Å². The highest BCUT2D eigenvalue weighted by Crippen LogP contribution is 2.30. The Labute approximate surface area is 153 Å². The van der Waals surface area contributed by atoms with Crippen molar-refractivity contribution in [2.24, 2.45) is 0 Å². The third-order valence-electron chi connectivity index (χ3n) is 3.35. The lowest BCUT2D eigenvalue weighted by molar-refractivity contribution is -0.0512. The summed E-state index contributed by atoms with van der Waals surface area (Å²) in [7, 11) is -0.941. The molecular weight excluding hydrogens is 420 g/mol.